The van der Waals surface area contributed by atoms with Gasteiger partial charge in [-0.1, -0.05) is 179 Å². The summed E-state index contributed by atoms with van der Waals surface area (Å²) in [6.07, 6.45) is 23.9. The first-order valence-corrected chi connectivity index (χ1v) is 42.3. The third kappa shape index (κ3) is 26.9. The number of benzene rings is 4. The zero-order valence-electron chi connectivity index (χ0n) is 69.5. The van der Waals surface area contributed by atoms with E-state index in [2.05, 4.69) is 121 Å². The quantitative estimate of drug-likeness (QED) is 0.0742. The molecule has 1 saturated carbocycles. The zero-order chi connectivity index (χ0) is 79.5. The number of piperidine rings is 5. The number of nitrogens with zero attached hydrogens (tertiary/aromatic N) is 11. The molecule has 0 spiro atoms. The topological polar surface area (TPSA) is 202 Å². The lowest BCUT2D eigenvalue weighted by molar-refractivity contribution is -0.133. The van der Waals surface area contributed by atoms with Crippen molar-refractivity contribution in [2.24, 2.45) is 66.2 Å². The van der Waals surface area contributed by atoms with E-state index in [4.69, 9.17) is 13.4 Å². The molecule has 0 bridgehead atoms. The molecule has 19 nitrogen and oxygen atoms in total. The molecule has 0 atom stereocenters. The lowest BCUT2D eigenvalue weighted by Crippen LogP contribution is -2.40. The molecule has 19 heteroatoms. The molecule has 10 heterocycles. The molecule has 5 saturated heterocycles. The van der Waals surface area contributed by atoms with Gasteiger partial charge >= 0.3 is 0 Å². The van der Waals surface area contributed by atoms with E-state index in [0.717, 1.165) is 245 Å². The van der Waals surface area contributed by atoms with Crippen molar-refractivity contribution >= 4 is 51.5 Å². The summed E-state index contributed by atoms with van der Waals surface area (Å²) < 4.78 is 20.3. The van der Waals surface area contributed by atoms with Gasteiger partial charge in [0.05, 0.1) is 61.6 Å². The van der Waals surface area contributed by atoms with Crippen molar-refractivity contribution in [3.63, 3.8) is 0 Å². The Morgan fingerprint density at radius 2 is 0.915 bits per heavy atom. The first-order valence-electron chi connectivity index (χ1n) is 42.3. The third-order valence-corrected chi connectivity index (χ3v) is 25.0. The molecule has 4 aromatic carbocycles. The van der Waals surface area contributed by atoms with Gasteiger partial charge in [-0.25, -0.2) is 9.67 Å². The first-order chi connectivity index (χ1) is 53.9. The fourth-order valence-electron chi connectivity index (χ4n) is 16.7. The summed E-state index contributed by atoms with van der Waals surface area (Å²) in [6.45, 7) is 35.8. The minimum Gasteiger partial charge on any atom is -0.464 e. The van der Waals surface area contributed by atoms with E-state index in [1.54, 1.807) is 18.7 Å². The number of hydrogen-bond acceptors (Lipinski definition) is 12. The van der Waals surface area contributed by atoms with Crippen LogP contribution in [0.15, 0.2) is 141 Å². The van der Waals surface area contributed by atoms with Crippen molar-refractivity contribution in [2.45, 2.75) is 242 Å². The third-order valence-electron chi connectivity index (χ3n) is 25.0. The molecule has 0 unspecified atom stereocenters. The average Bonchev–Trinajstić information content (AvgIpc) is 1.67. The number of amides is 5. The van der Waals surface area contributed by atoms with E-state index in [0.29, 0.717) is 61.4 Å². The van der Waals surface area contributed by atoms with Gasteiger partial charge < -0.3 is 37.9 Å². The zero-order valence-corrected chi connectivity index (χ0v) is 69.5. The second kappa shape index (κ2) is 46.3. The Morgan fingerprint density at radius 3 is 1.38 bits per heavy atom. The Hall–Kier alpha value is -9.13. The Kier molecular flexibility index (Phi) is 38.3. The molecular weight excluding hydrogens is 1460 g/mol. The van der Waals surface area contributed by atoms with Crippen LogP contribution in [0.4, 0.5) is 0 Å². The molecule has 0 radical (unpaired) electrons. The summed E-state index contributed by atoms with van der Waals surface area (Å²) >= 11 is 0. The lowest BCUT2D eigenvalue weighted by Gasteiger charge is -2.34. The van der Waals surface area contributed by atoms with Crippen molar-refractivity contribution in [3.05, 3.63) is 173 Å². The number of carbonyl (C=O) groups is 5. The molecule has 6 aliphatic rings. The number of furan rings is 1. The number of carbonyl (C=O) groups excluding carboxylic acids is 5. The fourth-order valence-corrected chi connectivity index (χ4v) is 16.7. The second-order valence-corrected chi connectivity index (χ2v) is 34.3. The molecule has 15 rings (SSSR count). The molecule has 117 heavy (non-hydrogen) atoms. The smallest absolute Gasteiger partial charge is 0.228 e. The van der Waals surface area contributed by atoms with Crippen molar-refractivity contribution in [3.8, 4) is 17.1 Å². The van der Waals surface area contributed by atoms with Crippen LogP contribution >= 0.6 is 0 Å². The lowest BCUT2D eigenvalue weighted by atomic mass is 9.86. The Balaban J connectivity index is 0.000000225. The van der Waals surface area contributed by atoms with Crippen molar-refractivity contribution in [1.82, 2.24) is 54.2 Å². The highest BCUT2D eigenvalue weighted by Crippen LogP contribution is 2.40. The van der Waals surface area contributed by atoms with Gasteiger partial charge in [-0.3, -0.25) is 28.7 Å². The average molecular weight is 1610 g/mol. The summed E-state index contributed by atoms with van der Waals surface area (Å²) in [6, 6.07) is 34.1. The molecule has 5 aliphatic heterocycles. The van der Waals surface area contributed by atoms with E-state index in [1.807, 2.05) is 133 Å². The van der Waals surface area contributed by atoms with Crippen molar-refractivity contribution in [2.75, 3.05) is 65.4 Å². The van der Waals surface area contributed by atoms with Crippen LogP contribution in [-0.4, -0.2) is 149 Å². The van der Waals surface area contributed by atoms with Crippen LogP contribution in [0, 0.1) is 66.1 Å². The second-order valence-electron chi connectivity index (χ2n) is 34.3. The summed E-state index contributed by atoms with van der Waals surface area (Å²) in [4.78, 5) is 77.0. The number of aromatic nitrogens is 6. The maximum atomic E-state index is 12.6. The molecule has 0 N–H and O–H groups in total. The number of hydrogen-bond donors (Lipinski definition) is 0. The molecule has 1 aliphatic carbocycles. The molecule has 9 aromatic rings. The highest BCUT2D eigenvalue weighted by Gasteiger charge is 2.32. The SMILES string of the molecule is C.C.C.C.C.CC(C)C1CCN(C(=O)Cc2cc(C3CC3)nn2C)CC1.CC(C)C1CCN(C(=O)Cc2cnn(-c3ccccc3)c2)CC1.CC(C)C1CCN(C(=O)Cc2coc(-c3ccccc3)n2)CC1.CCc1ccc2c(CC(=O)N3CCC(C(C)C)CC3)coc2c1.Cc1cccc2c(CC(=O)N3CCC(C(C)C)CC3)noc12. The number of likely N-dealkylation sites (tertiary alicyclic amines) is 5. The van der Waals surface area contributed by atoms with Gasteiger partial charge in [-0.15, -0.1) is 0 Å². The highest BCUT2D eigenvalue weighted by atomic mass is 16.5. The van der Waals surface area contributed by atoms with Gasteiger partial charge in [-0.2, -0.15) is 10.2 Å². The van der Waals surface area contributed by atoms with Crippen LogP contribution in [0.3, 0.4) is 0 Å². The fraction of sp³-hybridized carbons (Fsp3) is 0.582. The summed E-state index contributed by atoms with van der Waals surface area (Å²) in [5, 5.41) is 15.1. The molecule has 6 fully saturated rings. The van der Waals surface area contributed by atoms with Gasteiger partial charge in [0.2, 0.25) is 35.4 Å². The number of aryl methyl sites for hydroxylation is 3. The predicted octanol–water partition coefficient (Wildman–Crippen LogP) is 21.0. The van der Waals surface area contributed by atoms with Gasteiger partial charge in [0.1, 0.15) is 17.5 Å². The number of para-hydroxylation sites is 2. The Morgan fingerprint density at radius 1 is 0.462 bits per heavy atom. The molecule has 5 amide bonds. The van der Waals surface area contributed by atoms with Crippen LogP contribution in [0.5, 0.6) is 0 Å². The van der Waals surface area contributed by atoms with Crippen LogP contribution < -0.4 is 0 Å². The van der Waals surface area contributed by atoms with Crippen molar-refractivity contribution in [1.29, 1.82) is 0 Å². The minimum atomic E-state index is 0. The van der Waals surface area contributed by atoms with Gasteiger partial charge in [0.25, 0.3) is 0 Å². The normalized spacial score (nSPS) is 16.3. The van der Waals surface area contributed by atoms with E-state index >= 15 is 0 Å². The largest absolute Gasteiger partial charge is 0.464 e. The van der Waals surface area contributed by atoms with Crippen LogP contribution in [0.1, 0.15) is 241 Å². The minimum absolute atomic E-state index is 0. The molecular formula is C98H147N11O8. The van der Waals surface area contributed by atoms with E-state index < -0.39 is 0 Å². The maximum Gasteiger partial charge on any atom is 0.228 e. The Labute approximate surface area is 702 Å². The number of oxazole rings is 1. The van der Waals surface area contributed by atoms with E-state index in [1.165, 1.54) is 24.1 Å². The van der Waals surface area contributed by atoms with Gasteiger partial charge in [0.15, 0.2) is 5.58 Å². The van der Waals surface area contributed by atoms with Crippen molar-refractivity contribution < 1.29 is 37.3 Å². The maximum absolute atomic E-state index is 12.6. The van der Waals surface area contributed by atoms with Crippen LogP contribution in [0.2, 0.25) is 0 Å². The van der Waals surface area contributed by atoms with E-state index in [-0.39, 0.29) is 66.7 Å². The molecule has 642 valence electrons. The number of rotatable bonds is 19. The first kappa shape index (κ1) is 96.7. The standard InChI is InChI=1S/C20H27NO2.C19H25N3O.C19H24N2O2.C18H24N2O2.C17H27N3O.5CH4/c1-4-15-5-6-18-17(13-23-19(18)11-15)12-20(22)21-9-7-16(8-10-21)14(2)3;1-15(2)17-8-10-21(11-9-17)19(23)12-16-13-20-22(14-16)18-6-4-3-5-7-18;1-14(2)15-8-10-21(11-9-15)18(22)12-17-13-23-19(20-17)16-6-4-3-5-7-16;1-12(2)14-7-9-20(10-8-14)17(21)11-16-15-6-4-5-13(3)18(15)22-19-16;1-12(2)13-6-8-20(9-7-13)17(21)11-15-10-16(14-4-5-14)18-19(15)3;;;;;/h5-6,11,13-14,16H,4,7-10,12H2,1-3H3;3-7,13-15,17H,8-12H2,1-2H3;3-7,13-15H,8-12H2,1-2H3;4-6,12,14H,7-11H2,1-3H3;10,12-14H,4-9,11H2,1-3H3;5*1H4. The van der Waals surface area contributed by atoms with Crippen LogP contribution in [0.25, 0.3) is 39.1 Å². The van der Waals surface area contributed by atoms with Crippen LogP contribution in [-0.2, 0) is 69.5 Å². The van der Waals surface area contributed by atoms with E-state index in [9.17, 15) is 24.0 Å². The summed E-state index contributed by atoms with van der Waals surface area (Å²) in [5.74, 6) is 9.67. The predicted molar refractivity (Wildman–Crippen MR) is 478 cm³/mol. The van der Waals surface area contributed by atoms with Gasteiger partial charge in [-0.05, 0) is 209 Å². The summed E-state index contributed by atoms with van der Waals surface area (Å²) in [5.41, 5.74) is 11.7. The summed E-state index contributed by atoms with van der Waals surface area (Å²) in [7, 11) is 1.96. The number of fused-ring (bicyclic) bond motifs is 2. The highest BCUT2D eigenvalue weighted by molar-refractivity contribution is 5.89. The molecule has 5 aromatic heterocycles. The van der Waals surface area contributed by atoms with Gasteiger partial charge in [0, 0.05) is 112 Å². The Bertz CT molecular complexity index is 4330. The monoisotopic (exact) mass is 1610 g/mol.